The van der Waals surface area contributed by atoms with E-state index in [-0.39, 0.29) is 0 Å². The fourth-order valence-corrected chi connectivity index (χ4v) is 2.11. The molecule has 0 atom stereocenters. The van der Waals surface area contributed by atoms with Gasteiger partial charge in [0.25, 0.3) is 0 Å². The first-order valence-corrected chi connectivity index (χ1v) is 6.75. The van der Waals surface area contributed by atoms with Crippen molar-refractivity contribution in [1.29, 1.82) is 0 Å². The van der Waals surface area contributed by atoms with Crippen LogP contribution in [0.15, 0.2) is 35.5 Å². The van der Waals surface area contributed by atoms with Crippen molar-refractivity contribution >= 4 is 23.4 Å². The van der Waals surface area contributed by atoms with Gasteiger partial charge in [-0.2, -0.15) is 0 Å². The predicted molar refractivity (Wildman–Crippen MR) is 70.1 cm³/mol. The summed E-state index contributed by atoms with van der Waals surface area (Å²) in [7, 11) is 0. The van der Waals surface area contributed by atoms with Crippen molar-refractivity contribution in [2.45, 2.75) is 23.9 Å². The van der Waals surface area contributed by atoms with Crippen molar-refractivity contribution in [3.05, 3.63) is 35.5 Å². The zero-order valence-corrected chi connectivity index (χ0v) is 10.7. The minimum atomic E-state index is 0.679. The Balaban J connectivity index is 1.69. The molecule has 16 heavy (non-hydrogen) atoms. The number of hydrogen-bond donors (Lipinski definition) is 1. The molecule has 0 aromatic carbocycles. The number of halogens is 1. The van der Waals surface area contributed by atoms with Gasteiger partial charge in [-0.05, 0) is 25.0 Å². The van der Waals surface area contributed by atoms with Crippen LogP contribution in [0.2, 0.25) is 5.02 Å². The van der Waals surface area contributed by atoms with E-state index >= 15 is 0 Å². The molecule has 0 aliphatic heterocycles. The van der Waals surface area contributed by atoms with Gasteiger partial charge in [0.2, 0.25) is 0 Å². The Morgan fingerprint density at radius 1 is 1.56 bits per heavy atom. The SMILES string of the molecule is C=C(CNC1CC1)CSc1ccc(Cl)cn1. The van der Waals surface area contributed by atoms with E-state index in [1.54, 1.807) is 18.0 Å². The van der Waals surface area contributed by atoms with Crippen LogP contribution in [-0.2, 0) is 0 Å². The first-order chi connectivity index (χ1) is 7.74. The predicted octanol–water partition coefficient (Wildman–Crippen LogP) is 3.14. The van der Waals surface area contributed by atoms with Crippen molar-refractivity contribution in [2.24, 2.45) is 0 Å². The topological polar surface area (TPSA) is 24.9 Å². The molecule has 0 spiro atoms. The Labute approximate surface area is 105 Å². The third kappa shape index (κ3) is 4.16. The lowest BCUT2D eigenvalue weighted by molar-refractivity contribution is 0.736. The highest BCUT2D eigenvalue weighted by Gasteiger charge is 2.19. The summed E-state index contributed by atoms with van der Waals surface area (Å²) in [6.07, 6.45) is 4.31. The lowest BCUT2D eigenvalue weighted by Gasteiger charge is -2.06. The smallest absolute Gasteiger partial charge is 0.0964 e. The Morgan fingerprint density at radius 3 is 3.00 bits per heavy atom. The molecule has 0 radical (unpaired) electrons. The van der Waals surface area contributed by atoms with Crippen LogP contribution in [0, 0.1) is 0 Å². The minimum Gasteiger partial charge on any atom is -0.310 e. The molecule has 1 heterocycles. The van der Waals surface area contributed by atoms with E-state index in [9.17, 15) is 0 Å². The normalized spacial score (nSPS) is 15.1. The van der Waals surface area contributed by atoms with Crippen molar-refractivity contribution in [3.8, 4) is 0 Å². The first-order valence-electron chi connectivity index (χ1n) is 5.38. The highest BCUT2D eigenvalue weighted by Crippen LogP contribution is 2.21. The highest BCUT2D eigenvalue weighted by molar-refractivity contribution is 7.99. The number of nitrogens with one attached hydrogen (secondary N) is 1. The van der Waals surface area contributed by atoms with Crippen molar-refractivity contribution in [2.75, 3.05) is 12.3 Å². The fourth-order valence-electron chi connectivity index (χ4n) is 1.25. The molecule has 0 saturated heterocycles. The monoisotopic (exact) mass is 254 g/mol. The molecule has 1 fully saturated rings. The van der Waals surface area contributed by atoms with Gasteiger partial charge in [-0.15, -0.1) is 11.8 Å². The van der Waals surface area contributed by atoms with Crippen LogP contribution >= 0.6 is 23.4 Å². The van der Waals surface area contributed by atoms with Gasteiger partial charge in [-0.3, -0.25) is 0 Å². The summed E-state index contributed by atoms with van der Waals surface area (Å²) < 4.78 is 0. The second-order valence-corrected chi connectivity index (χ2v) is 5.44. The lowest BCUT2D eigenvalue weighted by Crippen LogP contribution is -2.19. The van der Waals surface area contributed by atoms with E-state index < -0.39 is 0 Å². The van der Waals surface area contributed by atoms with Crippen molar-refractivity contribution in [1.82, 2.24) is 10.3 Å². The Hall–Kier alpha value is -0.510. The Morgan fingerprint density at radius 2 is 2.38 bits per heavy atom. The molecule has 0 bridgehead atoms. The van der Waals surface area contributed by atoms with Gasteiger partial charge < -0.3 is 5.32 Å². The van der Waals surface area contributed by atoms with Crippen LogP contribution in [0.25, 0.3) is 0 Å². The molecular weight excluding hydrogens is 240 g/mol. The zero-order valence-electron chi connectivity index (χ0n) is 9.08. The number of pyridine rings is 1. The maximum absolute atomic E-state index is 5.77. The van der Waals surface area contributed by atoms with Crippen LogP contribution in [0.4, 0.5) is 0 Å². The highest BCUT2D eigenvalue weighted by atomic mass is 35.5. The maximum atomic E-state index is 5.77. The second kappa shape index (κ2) is 5.71. The van der Waals surface area contributed by atoms with E-state index in [1.165, 1.54) is 18.4 Å². The second-order valence-electron chi connectivity index (χ2n) is 4.01. The van der Waals surface area contributed by atoms with Gasteiger partial charge in [0, 0.05) is 24.5 Å². The molecule has 4 heteroatoms. The van der Waals surface area contributed by atoms with Crippen LogP contribution in [0.3, 0.4) is 0 Å². The lowest BCUT2D eigenvalue weighted by atomic mass is 10.3. The molecule has 1 N–H and O–H groups in total. The van der Waals surface area contributed by atoms with Crippen LogP contribution in [-0.4, -0.2) is 23.3 Å². The number of aromatic nitrogens is 1. The van der Waals surface area contributed by atoms with Crippen LogP contribution in [0.5, 0.6) is 0 Å². The van der Waals surface area contributed by atoms with Gasteiger partial charge in [-0.25, -0.2) is 4.98 Å². The van der Waals surface area contributed by atoms with E-state index in [4.69, 9.17) is 11.6 Å². The zero-order chi connectivity index (χ0) is 11.4. The molecule has 1 aromatic heterocycles. The average molecular weight is 255 g/mol. The number of rotatable bonds is 6. The van der Waals surface area contributed by atoms with Crippen molar-refractivity contribution < 1.29 is 0 Å². The van der Waals surface area contributed by atoms with Gasteiger partial charge in [0.1, 0.15) is 0 Å². The molecule has 1 aromatic rings. The first kappa shape index (κ1) is 12.0. The molecule has 1 saturated carbocycles. The molecule has 0 amide bonds. The van der Waals surface area contributed by atoms with Crippen LogP contribution < -0.4 is 5.32 Å². The van der Waals surface area contributed by atoms with Gasteiger partial charge in [0.15, 0.2) is 0 Å². The number of hydrogen-bond acceptors (Lipinski definition) is 3. The molecule has 2 rings (SSSR count). The summed E-state index contributed by atoms with van der Waals surface area (Å²) in [6, 6.07) is 4.55. The third-order valence-corrected chi connectivity index (χ3v) is 3.66. The minimum absolute atomic E-state index is 0.679. The molecule has 0 unspecified atom stereocenters. The van der Waals surface area contributed by atoms with E-state index in [0.717, 1.165) is 23.4 Å². The quantitative estimate of drug-likeness (QED) is 0.624. The Bertz CT molecular complexity index is 360. The summed E-state index contributed by atoms with van der Waals surface area (Å²) in [6.45, 7) is 4.97. The van der Waals surface area contributed by atoms with E-state index in [2.05, 4.69) is 16.9 Å². The average Bonchev–Trinajstić information content (AvgIpc) is 3.09. The molecular formula is C12H15ClN2S. The Kier molecular flexibility index (Phi) is 4.27. The van der Waals surface area contributed by atoms with E-state index in [1.807, 2.05) is 12.1 Å². The van der Waals surface area contributed by atoms with Gasteiger partial charge >= 0.3 is 0 Å². The number of nitrogens with zero attached hydrogens (tertiary/aromatic N) is 1. The fraction of sp³-hybridized carbons (Fsp3) is 0.417. The number of thioether (sulfide) groups is 1. The summed E-state index contributed by atoms with van der Waals surface area (Å²) in [5, 5.41) is 5.12. The largest absolute Gasteiger partial charge is 0.310 e. The summed E-state index contributed by atoms with van der Waals surface area (Å²) in [5.74, 6) is 0.911. The maximum Gasteiger partial charge on any atom is 0.0964 e. The van der Waals surface area contributed by atoms with Crippen LogP contribution in [0.1, 0.15) is 12.8 Å². The molecule has 2 nitrogen and oxygen atoms in total. The summed E-state index contributed by atoms with van der Waals surface area (Å²) >= 11 is 7.47. The molecule has 1 aliphatic carbocycles. The molecule has 86 valence electrons. The third-order valence-electron chi connectivity index (χ3n) is 2.34. The standard InChI is InChI=1S/C12H15ClN2S/c1-9(6-14-11-3-4-11)8-16-12-5-2-10(13)7-15-12/h2,5,7,11,14H,1,3-4,6,8H2. The summed E-state index contributed by atoms with van der Waals surface area (Å²) in [5.41, 5.74) is 1.22. The molecule has 1 aliphatic rings. The van der Waals surface area contributed by atoms with E-state index in [0.29, 0.717) is 5.02 Å². The van der Waals surface area contributed by atoms with Gasteiger partial charge in [0.05, 0.1) is 10.0 Å². The van der Waals surface area contributed by atoms with Crippen molar-refractivity contribution in [3.63, 3.8) is 0 Å². The summed E-state index contributed by atoms with van der Waals surface area (Å²) in [4.78, 5) is 4.23. The van der Waals surface area contributed by atoms with Gasteiger partial charge in [-0.1, -0.05) is 23.8 Å².